The van der Waals surface area contributed by atoms with Crippen molar-refractivity contribution in [3.63, 3.8) is 0 Å². The summed E-state index contributed by atoms with van der Waals surface area (Å²) in [6, 6.07) is 7.86. The third-order valence-electron chi connectivity index (χ3n) is 4.39. The van der Waals surface area contributed by atoms with Crippen LogP contribution >= 0.6 is 0 Å². The van der Waals surface area contributed by atoms with Crippen LogP contribution in [0.15, 0.2) is 36.7 Å². The van der Waals surface area contributed by atoms with Crippen LogP contribution in [0.4, 0.5) is 0 Å². The van der Waals surface area contributed by atoms with Crippen molar-refractivity contribution in [3.8, 4) is 5.69 Å². The summed E-state index contributed by atoms with van der Waals surface area (Å²) < 4.78 is 1.99. The summed E-state index contributed by atoms with van der Waals surface area (Å²) in [5.41, 5.74) is 1.26. The van der Waals surface area contributed by atoms with E-state index in [1.807, 2.05) is 42.0 Å². The first-order valence-electron chi connectivity index (χ1n) is 6.98. The number of aryl methyl sites for hydroxylation is 1. The Bertz CT molecular complexity index is 622. The fourth-order valence-corrected chi connectivity index (χ4v) is 3.20. The van der Waals surface area contributed by atoms with Gasteiger partial charge in [-0.1, -0.05) is 25.0 Å². The third kappa shape index (κ3) is 1.92. The van der Waals surface area contributed by atoms with E-state index in [4.69, 9.17) is 0 Å². The highest BCUT2D eigenvalue weighted by Crippen LogP contribution is 2.41. The lowest BCUT2D eigenvalue weighted by Crippen LogP contribution is -2.32. The first-order valence-corrected chi connectivity index (χ1v) is 6.98. The van der Waals surface area contributed by atoms with Crippen molar-refractivity contribution in [1.29, 1.82) is 0 Å². The van der Waals surface area contributed by atoms with Crippen molar-refractivity contribution in [2.24, 2.45) is 0 Å². The molecule has 1 fully saturated rings. The van der Waals surface area contributed by atoms with Gasteiger partial charge in [0.2, 0.25) is 0 Å². The summed E-state index contributed by atoms with van der Waals surface area (Å²) >= 11 is 0. The monoisotopic (exact) mass is 270 g/mol. The molecular formula is C16H18N2O2. The van der Waals surface area contributed by atoms with Gasteiger partial charge in [0.15, 0.2) is 0 Å². The molecule has 4 heteroatoms. The van der Waals surface area contributed by atoms with E-state index in [2.05, 4.69) is 4.98 Å². The van der Waals surface area contributed by atoms with Crippen LogP contribution in [-0.4, -0.2) is 20.6 Å². The van der Waals surface area contributed by atoms with E-state index in [1.54, 1.807) is 6.20 Å². The maximum atomic E-state index is 11.7. The Balaban J connectivity index is 1.97. The van der Waals surface area contributed by atoms with Crippen molar-refractivity contribution in [3.05, 3.63) is 48.0 Å². The summed E-state index contributed by atoms with van der Waals surface area (Å²) in [5, 5.41) is 9.60. The summed E-state index contributed by atoms with van der Waals surface area (Å²) in [5.74, 6) is 0.230. The molecule has 1 N–H and O–H groups in total. The van der Waals surface area contributed by atoms with E-state index < -0.39 is 11.4 Å². The number of carboxylic acid groups (broad SMARTS) is 1. The lowest BCUT2D eigenvalue weighted by atomic mass is 9.79. The minimum Gasteiger partial charge on any atom is -0.481 e. The smallest absolute Gasteiger partial charge is 0.314 e. The number of carboxylic acids is 1. The van der Waals surface area contributed by atoms with Crippen molar-refractivity contribution in [2.75, 3.05) is 0 Å². The number of nitrogens with zero attached hydrogens (tertiary/aromatic N) is 2. The second kappa shape index (κ2) is 4.78. The van der Waals surface area contributed by atoms with E-state index in [0.717, 1.165) is 42.8 Å². The number of benzene rings is 1. The van der Waals surface area contributed by atoms with Gasteiger partial charge in [0, 0.05) is 18.1 Å². The molecule has 1 aromatic heterocycles. The molecule has 1 saturated carbocycles. The predicted octanol–water partition coefficient (Wildman–Crippen LogP) is 3.08. The van der Waals surface area contributed by atoms with Gasteiger partial charge in [0.25, 0.3) is 0 Å². The molecule has 0 aliphatic heterocycles. The molecule has 1 aliphatic carbocycles. The molecule has 0 bridgehead atoms. The van der Waals surface area contributed by atoms with Gasteiger partial charge in [-0.25, -0.2) is 4.98 Å². The fraction of sp³-hybridized carbons (Fsp3) is 0.375. The first-order chi connectivity index (χ1) is 9.63. The molecule has 4 nitrogen and oxygen atoms in total. The van der Waals surface area contributed by atoms with Crippen LogP contribution in [0.2, 0.25) is 0 Å². The molecule has 1 heterocycles. The van der Waals surface area contributed by atoms with Crippen LogP contribution in [0.5, 0.6) is 0 Å². The molecule has 0 spiro atoms. The van der Waals surface area contributed by atoms with Gasteiger partial charge in [-0.3, -0.25) is 4.79 Å². The van der Waals surface area contributed by atoms with E-state index in [1.165, 1.54) is 0 Å². The fourth-order valence-electron chi connectivity index (χ4n) is 3.20. The Labute approximate surface area is 118 Å². The lowest BCUT2D eigenvalue weighted by Gasteiger charge is -2.24. The summed E-state index contributed by atoms with van der Waals surface area (Å²) in [7, 11) is 0. The summed E-state index contributed by atoms with van der Waals surface area (Å²) in [6.07, 6.45) is 7.15. The van der Waals surface area contributed by atoms with E-state index in [-0.39, 0.29) is 0 Å². The Hall–Kier alpha value is -2.10. The highest BCUT2D eigenvalue weighted by Gasteiger charge is 2.42. The molecule has 1 aromatic carbocycles. The SMILES string of the molecule is Cc1nccn1-c1ccc(C2(C(=O)O)CCCC2)cc1. The highest BCUT2D eigenvalue weighted by atomic mass is 16.4. The summed E-state index contributed by atoms with van der Waals surface area (Å²) in [4.78, 5) is 15.9. The standard InChI is InChI=1S/C16H18N2O2/c1-12-17-10-11-18(12)14-6-4-13(5-7-14)16(15(19)20)8-2-3-9-16/h4-7,10-11H,2-3,8-9H2,1H3,(H,19,20). The largest absolute Gasteiger partial charge is 0.481 e. The molecule has 0 saturated heterocycles. The van der Waals surface area contributed by atoms with E-state index in [9.17, 15) is 9.90 Å². The van der Waals surface area contributed by atoms with Crippen LogP contribution in [-0.2, 0) is 10.2 Å². The normalized spacial score (nSPS) is 17.2. The molecule has 0 atom stereocenters. The Kier molecular flexibility index (Phi) is 3.08. The topological polar surface area (TPSA) is 55.1 Å². The number of hydrogen-bond donors (Lipinski definition) is 1. The van der Waals surface area contributed by atoms with Gasteiger partial charge < -0.3 is 9.67 Å². The van der Waals surface area contributed by atoms with Crippen molar-refractivity contribution in [2.45, 2.75) is 38.0 Å². The number of aliphatic carboxylic acids is 1. The Morgan fingerprint density at radius 3 is 2.40 bits per heavy atom. The predicted molar refractivity (Wildman–Crippen MR) is 76.1 cm³/mol. The third-order valence-corrected chi connectivity index (χ3v) is 4.39. The zero-order valence-electron chi connectivity index (χ0n) is 11.5. The van der Waals surface area contributed by atoms with Gasteiger partial charge in [0.1, 0.15) is 5.82 Å². The molecule has 0 unspecified atom stereocenters. The van der Waals surface area contributed by atoms with Crippen LogP contribution < -0.4 is 0 Å². The van der Waals surface area contributed by atoms with E-state index >= 15 is 0 Å². The number of hydrogen-bond acceptors (Lipinski definition) is 2. The van der Waals surface area contributed by atoms with Gasteiger partial charge >= 0.3 is 5.97 Å². The zero-order valence-corrected chi connectivity index (χ0v) is 11.5. The average Bonchev–Trinajstić information content (AvgIpc) is 3.08. The maximum Gasteiger partial charge on any atom is 0.314 e. The van der Waals surface area contributed by atoms with Gasteiger partial charge in [0.05, 0.1) is 5.41 Å². The number of rotatable bonds is 3. The van der Waals surface area contributed by atoms with Crippen LogP contribution in [0.25, 0.3) is 5.69 Å². The van der Waals surface area contributed by atoms with Crippen LogP contribution in [0.3, 0.4) is 0 Å². The minimum atomic E-state index is -0.693. The van der Waals surface area contributed by atoms with Crippen LogP contribution in [0.1, 0.15) is 37.1 Å². The Morgan fingerprint density at radius 1 is 1.25 bits per heavy atom. The number of carbonyl (C=O) groups is 1. The average molecular weight is 270 g/mol. The van der Waals surface area contributed by atoms with Crippen LogP contribution in [0, 0.1) is 6.92 Å². The molecule has 20 heavy (non-hydrogen) atoms. The van der Waals surface area contributed by atoms with Crippen molar-refractivity contribution in [1.82, 2.24) is 9.55 Å². The molecule has 0 amide bonds. The quantitative estimate of drug-likeness (QED) is 0.932. The number of aromatic nitrogens is 2. The second-order valence-electron chi connectivity index (χ2n) is 5.49. The lowest BCUT2D eigenvalue weighted by molar-refractivity contribution is -0.143. The minimum absolute atomic E-state index is 0.678. The second-order valence-corrected chi connectivity index (χ2v) is 5.49. The van der Waals surface area contributed by atoms with E-state index in [0.29, 0.717) is 0 Å². The maximum absolute atomic E-state index is 11.7. The van der Waals surface area contributed by atoms with Gasteiger partial charge in [-0.2, -0.15) is 0 Å². The van der Waals surface area contributed by atoms with Gasteiger partial charge in [-0.15, -0.1) is 0 Å². The molecule has 104 valence electrons. The molecule has 2 aromatic rings. The first kappa shape index (κ1) is 12.9. The van der Waals surface area contributed by atoms with Crippen molar-refractivity contribution < 1.29 is 9.90 Å². The molecular weight excluding hydrogens is 252 g/mol. The molecule has 0 radical (unpaired) electrons. The Morgan fingerprint density at radius 2 is 1.90 bits per heavy atom. The number of imidazole rings is 1. The van der Waals surface area contributed by atoms with Gasteiger partial charge in [-0.05, 0) is 37.5 Å². The molecule has 1 aliphatic rings. The molecule has 3 rings (SSSR count). The van der Waals surface area contributed by atoms with Crippen molar-refractivity contribution >= 4 is 5.97 Å². The highest BCUT2D eigenvalue weighted by molar-refractivity contribution is 5.81. The zero-order chi connectivity index (χ0) is 14.2. The summed E-state index contributed by atoms with van der Waals surface area (Å²) in [6.45, 7) is 1.95.